The Morgan fingerprint density at radius 3 is 2.93 bits per heavy atom. The van der Waals surface area contributed by atoms with E-state index in [4.69, 9.17) is 5.53 Å². The molecule has 0 spiro atoms. The van der Waals surface area contributed by atoms with Crippen molar-refractivity contribution in [2.45, 2.75) is 6.54 Å². The van der Waals surface area contributed by atoms with Crippen molar-refractivity contribution in [2.24, 2.45) is 5.11 Å². The third-order valence-electron chi connectivity index (χ3n) is 1.54. The van der Waals surface area contributed by atoms with Gasteiger partial charge in [0.2, 0.25) is 0 Å². The SMILES string of the molecule is [N-]=[N+]=NCc1cc([N+](=O)[O-])ccc1F. The predicted molar refractivity (Wildman–Crippen MR) is 45.9 cm³/mol. The molecular formula is C7H5FN4O2. The fourth-order valence-corrected chi connectivity index (χ4v) is 0.904. The molecule has 0 aliphatic rings. The van der Waals surface area contributed by atoms with Crippen LogP contribution in [0.5, 0.6) is 0 Å². The van der Waals surface area contributed by atoms with Gasteiger partial charge in [-0.2, -0.15) is 0 Å². The molecule has 0 atom stereocenters. The van der Waals surface area contributed by atoms with Crippen LogP contribution in [0.4, 0.5) is 10.1 Å². The molecular weight excluding hydrogens is 191 g/mol. The average molecular weight is 196 g/mol. The molecule has 1 aromatic carbocycles. The van der Waals surface area contributed by atoms with Gasteiger partial charge in [0.25, 0.3) is 5.69 Å². The third kappa shape index (κ3) is 2.18. The highest BCUT2D eigenvalue weighted by molar-refractivity contribution is 5.35. The van der Waals surface area contributed by atoms with Gasteiger partial charge in [-0.05, 0) is 11.6 Å². The van der Waals surface area contributed by atoms with Crippen molar-refractivity contribution in [3.63, 3.8) is 0 Å². The van der Waals surface area contributed by atoms with Crippen molar-refractivity contribution in [1.29, 1.82) is 0 Å². The molecule has 14 heavy (non-hydrogen) atoms. The van der Waals surface area contributed by atoms with E-state index in [9.17, 15) is 14.5 Å². The molecule has 0 saturated heterocycles. The number of nitrogens with zero attached hydrogens (tertiary/aromatic N) is 4. The van der Waals surface area contributed by atoms with Gasteiger partial charge in [0.05, 0.1) is 11.5 Å². The van der Waals surface area contributed by atoms with Crippen LogP contribution in [0, 0.1) is 15.9 Å². The van der Waals surface area contributed by atoms with Crippen LogP contribution in [0.3, 0.4) is 0 Å². The Morgan fingerprint density at radius 2 is 2.36 bits per heavy atom. The van der Waals surface area contributed by atoms with Crippen LogP contribution in [0.15, 0.2) is 23.3 Å². The highest BCUT2D eigenvalue weighted by atomic mass is 19.1. The maximum absolute atomic E-state index is 13.0. The number of hydrogen-bond acceptors (Lipinski definition) is 3. The molecule has 7 heteroatoms. The minimum Gasteiger partial charge on any atom is -0.258 e. The molecule has 0 unspecified atom stereocenters. The van der Waals surface area contributed by atoms with Crippen LogP contribution in [-0.2, 0) is 6.54 Å². The maximum Gasteiger partial charge on any atom is 0.269 e. The number of non-ortho nitro benzene ring substituents is 1. The van der Waals surface area contributed by atoms with Gasteiger partial charge in [-0.25, -0.2) is 4.39 Å². The lowest BCUT2D eigenvalue weighted by molar-refractivity contribution is -0.385. The van der Waals surface area contributed by atoms with Gasteiger partial charge >= 0.3 is 0 Å². The Bertz CT molecular complexity index is 414. The lowest BCUT2D eigenvalue weighted by Crippen LogP contribution is -1.93. The van der Waals surface area contributed by atoms with Crippen molar-refractivity contribution in [3.8, 4) is 0 Å². The Morgan fingerprint density at radius 1 is 1.64 bits per heavy atom. The minimum absolute atomic E-state index is 0.0111. The van der Waals surface area contributed by atoms with E-state index in [1.165, 1.54) is 0 Å². The first-order chi connectivity index (χ1) is 6.65. The maximum atomic E-state index is 13.0. The molecule has 0 amide bonds. The van der Waals surface area contributed by atoms with E-state index in [0.717, 1.165) is 18.2 Å². The summed E-state index contributed by atoms with van der Waals surface area (Å²) in [5.41, 5.74) is 7.78. The van der Waals surface area contributed by atoms with Gasteiger partial charge in [0.15, 0.2) is 0 Å². The summed E-state index contributed by atoms with van der Waals surface area (Å²) in [6.07, 6.45) is 0. The van der Waals surface area contributed by atoms with Crippen molar-refractivity contribution in [2.75, 3.05) is 0 Å². The van der Waals surface area contributed by atoms with Crippen LogP contribution in [0.1, 0.15) is 5.56 Å². The van der Waals surface area contributed by atoms with E-state index in [-0.39, 0.29) is 17.8 Å². The molecule has 0 radical (unpaired) electrons. The van der Waals surface area contributed by atoms with Gasteiger partial charge in [-0.15, -0.1) is 0 Å². The summed E-state index contributed by atoms with van der Waals surface area (Å²) in [6.45, 7) is -0.232. The zero-order valence-electron chi connectivity index (χ0n) is 6.92. The number of nitro benzene ring substituents is 1. The first-order valence-electron chi connectivity index (χ1n) is 3.59. The number of nitro groups is 1. The van der Waals surface area contributed by atoms with Gasteiger partial charge < -0.3 is 0 Å². The van der Waals surface area contributed by atoms with E-state index in [2.05, 4.69) is 10.0 Å². The number of azide groups is 1. The third-order valence-corrected chi connectivity index (χ3v) is 1.54. The summed E-state index contributed by atoms with van der Waals surface area (Å²) >= 11 is 0. The fourth-order valence-electron chi connectivity index (χ4n) is 0.904. The van der Waals surface area contributed by atoms with E-state index in [0.29, 0.717) is 0 Å². The van der Waals surface area contributed by atoms with Crippen molar-refractivity contribution in [3.05, 3.63) is 50.1 Å². The molecule has 0 heterocycles. The minimum atomic E-state index is -0.640. The molecule has 0 aliphatic carbocycles. The lowest BCUT2D eigenvalue weighted by atomic mass is 10.2. The van der Waals surface area contributed by atoms with E-state index < -0.39 is 10.7 Å². The highest BCUT2D eigenvalue weighted by Gasteiger charge is 2.09. The van der Waals surface area contributed by atoms with Crippen molar-refractivity contribution < 1.29 is 9.31 Å². The topological polar surface area (TPSA) is 91.9 Å². The molecule has 0 N–H and O–H groups in total. The molecule has 6 nitrogen and oxygen atoms in total. The molecule has 0 aromatic heterocycles. The zero-order chi connectivity index (χ0) is 10.6. The molecule has 1 aromatic rings. The number of hydrogen-bond donors (Lipinski definition) is 0. The monoisotopic (exact) mass is 196 g/mol. The zero-order valence-corrected chi connectivity index (χ0v) is 6.92. The quantitative estimate of drug-likeness (QED) is 0.244. The van der Waals surface area contributed by atoms with Gasteiger partial charge in [0, 0.05) is 22.6 Å². The Labute approximate surface area is 77.7 Å². The summed E-state index contributed by atoms with van der Waals surface area (Å²) in [6, 6.07) is 3.07. The second kappa shape index (κ2) is 4.20. The standard InChI is InChI=1S/C7H5FN4O2/c8-7-2-1-6(12(13)14)3-5(7)4-10-11-9/h1-3H,4H2. The number of rotatable bonds is 3. The van der Waals surface area contributed by atoms with Gasteiger partial charge in [0.1, 0.15) is 5.82 Å². The van der Waals surface area contributed by atoms with Gasteiger partial charge in [-0.1, -0.05) is 5.11 Å². The summed E-state index contributed by atoms with van der Waals surface area (Å²) in [5.74, 6) is -0.622. The van der Waals surface area contributed by atoms with Crippen LogP contribution in [0.25, 0.3) is 10.4 Å². The second-order valence-electron chi connectivity index (χ2n) is 2.42. The Hall–Kier alpha value is -2.14. The van der Waals surface area contributed by atoms with Crippen LogP contribution >= 0.6 is 0 Å². The van der Waals surface area contributed by atoms with Crippen molar-refractivity contribution >= 4 is 5.69 Å². The molecule has 0 saturated carbocycles. The molecule has 72 valence electrons. The molecule has 0 bridgehead atoms. The smallest absolute Gasteiger partial charge is 0.258 e. The summed E-state index contributed by atoms with van der Waals surface area (Å²) in [7, 11) is 0. The molecule has 1 rings (SSSR count). The molecule has 0 fully saturated rings. The first-order valence-corrected chi connectivity index (χ1v) is 3.59. The van der Waals surface area contributed by atoms with Crippen LogP contribution in [-0.4, -0.2) is 4.92 Å². The number of benzene rings is 1. The molecule has 0 aliphatic heterocycles. The average Bonchev–Trinajstić information content (AvgIpc) is 2.16. The highest BCUT2D eigenvalue weighted by Crippen LogP contribution is 2.17. The van der Waals surface area contributed by atoms with E-state index >= 15 is 0 Å². The largest absolute Gasteiger partial charge is 0.269 e. The Kier molecular flexibility index (Phi) is 2.98. The van der Waals surface area contributed by atoms with Crippen LogP contribution in [0.2, 0.25) is 0 Å². The number of halogens is 1. The van der Waals surface area contributed by atoms with E-state index in [1.54, 1.807) is 0 Å². The van der Waals surface area contributed by atoms with E-state index in [1.807, 2.05) is 0 Å². The lowest BCUT2D eigenvalue weighted by Gasteiger charge is -1.97. The summed E-state index contributed by atoms with van der Waals surface area (Å²) < 4.78 is 13.0. The summed E-state index contributed by atoms with van der Waals surface area (Å²) in [4.78, 5) is 12.1. The predicted octanol–water partition coefficient (Wildman–Crippen LogP) is 2.54. The van der Waals surface area contributed by atoms with Crippen LogP contribution < -0.4 is 0 Å². The summed E-state index contributed by atoms with van der Waals surface area (Å²) in [5, 5.41) is 13.4. The second-order valence-corrected chi connectivity index (χ2v) is 2.42. The normalized spacial score (nSPS) is 9.21. The van der Waals surface area contributed by atoms with Crippen molar-refractivity contribution in [1.82, 2.24) is 0 Å². The fraction of sp³-hybridized carbons (Fsp3) is 0.143. The first kappa shape index (κ1) is 9.94. The Balaban J connectivity index is 3.07. The van der Waals surface area contributed by atoms with Gasteiger partial charge in [-0.3, -0.25) is 10.1 Å².